The summed E-state index contributed by atoms with van der Waals surface area (Å²) in [5.74, 6) is 0.0629. The standard InChI is InChI=1S/C22H35N3O3S/c1-14-10-18(23-21(27)22(4,5)6)29-19(14)20(26)25-9-7-8-17(25)13-24-11-15(2)28-16(3)12-24/h10,15-17H,7-9,11-13H2,1-6H3,(H,23,27). The van der Waals surface area contributed by atoms with Crippen molar-refractivity contribution in [3.8, 4) is 0 Å². The van der Waals surface area contributed by atoms with Crippen LogP contribution in [-0.4, -0.2) is 66.0 Å². The molecule has 6 nitrogen and oxygen atoms in total. The third-order valence-electron chi connectivity index (χ3n) is 5.63. The minimum atomic E-state index is -0.464. The van der Waals surface area contributed by atoms with Gasteiger partial charge in [-0.25, -0.2) is 0 Å². The molecule has 0 radical (unpaired) electrons. The molecule has 2 aliphatic rings. The lowest BCUT2D eigenvalue weighted by molar-refractivity contribution is -0.123. The van der Waals surface area contributed by atoms with Gasteiger partial charge in [0.15, 0.2) is 0 Å². The first-order valence-electron chi connectivity index (χ1n) is 10.6. The van der Waals surface area contributed by atoms with Crippen LogP contribution >= 0.6 is 11.3 Å². The Bertz CT molecular complexity index is 745. The van der Waals surface area contributed by atoms with Crippen LogP contribution in [0.25, 0.3) is 0 Å². The van der Waals surface area contributed by atoms with Crippen LogP contribution in [0.5, 0.6) is 0 Å². The second-order valence-electron chi connectivity index (χ2n) is 9.60. The van der Waals surface area contributed by atoms with Crippen LogP contribution in [0.3, 0.4) is 0 Å². The first kappa shape index (κ1) is 22.2. The summed E-state index contributed by atoms with van der Waals surface area (Å²) < 4.78 is 5.84. The summed E-state index contributed by atoms with van der Waals surface area (Å²) in [5.41, 5.74) is 0.470. The van der Waals surface area contributed by atoms with Crippen molar-refractivity contribution in [2.75, 3.05) is 31.5 Å². The predicted molar refractivity (Wildman–Crippen MR) is 118 cm³/mol. The Morgan fingerprint density at radius 2 is 1.90 bits per heavy atom. The van der Waals surface area contributed by atoms with Gasteiger partial charge in [-0.2, -0.15) is 0 Å². The van der Waals surface area contributed by atoms with E-state index in [1.54, 1.807) is 0 Å². The Morgan fingerprint density at radius 3 is 2.52 bits per heavy atom. The summed E-state index contributed by atoms with van der Waals surface area (Å²) in [6, 6.07) is 2.16. The van der Waals surface area contributed by atoms with E-state index in [2.05, 4.69) is 24.1 Å². The van der Waals surface area contributed by atoms with Crippen LogP contribution in [0, 0.1) is 12.3 Å². The van der Waals surface area contributed by atoms with Crippen molar-refractivity contribution in [1.29, 1.82) is 0 Å². The van der Waals surface area contributed by atoms with Gasteiger partial charge in [-0.05, 0) is 45.2 Å². The maximum atomic E-state index is 13.3. The van der Waals surface area contributed by atoms with Crippen LogP contribution in [0.15, 0.2) is 6.07 Å². The van der Waals surface area contributed by atoms with Gasteiger partial charge < -0.3 is 15.0 Å². The highest BCUT2D eigenvalue weighted by atomic mass is 32.1. The molecule has 0 aliphatic carbocycles. The van der Waals surface area contributed by atoms with Crippen molar-refractivity contribution in [2.45, 2.75) is 72.6 Å². The van der Waals surface area contributed by atoms with Crippen LogP contribution in [0.1, 0.15) is 62.7 Å². The van der Waals surface area contributed by atoms with Gasteiger partial charge in [0.2, 0.25) is 5.91 Å². The number of thiophene rings is 1. The summed E-state index contributed by atoms with van der Waals surface area (Å²) in [7, 11) is 0. The number of amides is 2. The number of hydrogen-bond donors (Lipinski definition) is 1. The number of hydrogen-bond acceptors (Lipinski definition) is 5. The molecule has 1 aromatic heterocycles. The number of likely N-dealkylation sites (tertiary alicyclic amines) is 1. The fraction of sp³-hybridized carbons (Fsp3) is 0.727. The lowest BCUT2D eigenvalue weighted by Gasteiger charge is -2.38. The Morgan fingerprint density at radius 1 is 1.24 bits per heavy atom. The number of nitrogens with zero attached hydrogens (tertiary/aromatic N) is 2. The van der Waals surface area contributed by atoms with Crippen LogP contribution < -0.4 is 5.32 Å². The van der Waals surface area contributed by atoms with E-state index in [0.717, 1.165) is 54.5 Å². The summed E-state index contributed by atoms with van der Waals surface area (Å²) >= 11 is 1.39. The predicted octanol–water partition coefficient (Wildman–Crippen LogP) is 3.75. The molecule has 2 aliphatic heterocycles. The Balaban J connectivity index is 1.68. The van der Waals surface area contributed by atoms with E-state index in [9.17, 15) is 9.59 Å². The van der Waals surface area contributed by atoms with Gasteiger partial charge in [-0.15, -0.1) is 11.3 Å². The molecule has 3 atom stereocenters. The summed E-state index contributed by atoms with van der Waals surface area (Å²) in [6.45, 7) is 15.4. The van der Waals surface area contributed by atoms with E-state index in [1.165, 1.54) is 11.3 Å². The Hall–Kier alpha value is -1.44. The molecule has 1 aromatic rings. The molecule has 7 heteroatoms. The average molecular weight is 422 g/mol. The molecule has 29 heavy (non-hydrogen) atoms. The molecule has 0 spiro atoms. The van der Waals surface area contributed by atoms with Gasteiger partial charge in [0.05, 0.1) is 22.1 Å². The monoisotopic (exact) mass is 421 g/mol. The fourth-order valence-electron chi connectivity index (χ4n) is 4.21. The van der Waals surface area contributed by atoms with Crippen molar-refractivity contribution >= 4 is 28.2 Å². The number of anilines is 1. The lowest BCUT2D eigenvalue weighted by Crippen LogP contribution is -2.50. The molecule has 0 aromatic carbocycles. The maximum absolute atomic E-state index is 13.3. The zero-order valence-electron chi connectivity index (χ0n) is 18.6. The molecule has 0 bridgehead atoms. The molecule has 2 fully saturated rings. The third-order valence-corrected chi connectivity index (χ3v) is 6.77. The molecule has 3 unspecified atom stereocenters. The first-order chi connectivity index (χ1) is 13.5. The van der Waals surface area contributed by atoms with Crippen molar-refractivity contribution in [2.24, 2.45) is 5.41 Å². The van der Waals surface area contributed by atoms with Crippen LogP contribution in [0.4, 0.5) is 5.00 Å². The number of ether oxygens (including phenoxy) is 1. The highest BCUT2D eigenvalue weighted by Crippen LogP contribution is 2.31. The van der Waals surface area contributed by atoms with Gasteiger partial charge in [0.1, 0.15) is 0 Å². The molecule has 3 heterocycles. The summed E-state index contributed by atoms with van der Waals surface area (Å²) in [6.07, 6.45) is 2.56. The highest BCUT2D eigenvalue weighted by molar-refractivity contribution is 7.18. The molecule has 1 N–H and O–H groups in total. The normalized spacial score (nSPS) is 26.0. The second kappa shape index (κ2) is 8.74. The van der Waals surface area contributed by atoms with E-state index in [-0.39, 0.29) is 30.1 Å². The van der Waals surface area contributed by atoms with Crippen molar-refractivity contribution in [3.05, 3.63) is 16.5 Å². The Kier molecular flexibility index (Phi) is 6.70. The van der Waals surface area contributed by atoms with E-state index in [1.807, 2.05) is 38.7 Å². The van der Waals surface area contributed by atoms with E-state index in [0.29, 0.717) is 0 Å². The number of carbonyl (C=O) groups is 2. The van der Waals surface area contributed by atoms with Gasteiger partial charge in [0, 0.05) is 37.6 Å². The number of morpholine rings is 1. The molecular weight excluding hydrogens is 386 g/mol. The SMILES string of the molecule is Cc1cc(NC(=O)C(C)(C)C)sc1C(=O)N1CCCC1CN1CC(C)OC(C)C1. The Labute approximate surface area is 178 Å². The molecule has 162 valence electrons. The van der Waals surface area contributed by atoms with Crippen LogP contribution in [0.2, 0.25) is 0 Å². The van der Waals surface area contributed by atoms with E-state index < -0.39 is 5.41 Å². The number of nitrogens with one attached hydrogen (secondary N) is 1. The molecule has 2 amide bonds. The minimum absolute atomic E-state index is 0.0349. The molecular formula is C22H35N3O3S. The highest BCUT2D eigenvalue weighted by Gasteiger charge is 2.34. The number of carbonyl (C=O) groups excluding carboxylic acids is 2. The smallest absolute Gasteiger partial charge is 0.264 e. The lowest BCUT2D eigenvalue weighted by atomic mass is 9.96. The average Bonchev–Trinajstić information content (AvgIpc) is 3.19. The van der Waals surface area contributed by atoms with Crippen LogP contribution in [-0.2, 0) is 9.53 Å². The van der Waals surface area contributed by atoms with E-state index in [4.69, 9.17) is 4.74 Å². The zero-order chi connectivity index (χ0) is 21.3. The van der Waals surface area contributed by atoms with Crippen molar-refractivity contribution in [3.63, 3.8) is 0 Å². The van der Waals surface area contributed by atoms with Gasteiger partial charge in [-0.1, -0.05) is 20.8 Å². The molecule has 3 rings (SSSR count). The number of aryl methyl sites for hydroxylation is 1. The third kappa shape index (κ3) is 5.38. The summed E-state index contributed by atoms with van der Waals surface area (Å²) in [4.78, 5) is 30.8. The minimum Gasteiger partial charge on any atom is -0.373 e. The van der Waals surface area contributed by atoms with Gasteiger partial charge in [0.25, 0.3) is 5.91 Å². The van der Waals surface area contributed by atoms with Crippen molar-refractivity contribution in [1.82, 2.24) is 9.80 Å². The quantitative estimate of drug-likeness (QED) is 0.804. The molecule has 2 saturated heterocycles. The second-order valence-corrected chi connectivity index (χ2v) is 10.6. The maximum Gasteiger partial charge on any atom is 0.264 e. The number of rotatable bonds is 4. The van der Waals surface area contributed by atoms with Gasteiger partial charge >= 0.3 is 0 Å². The zero-order valence-corrected chi connectivity index (χ0v) is 19.4. The summed E-state index contributed by atoms with van der Waals surface area (Å²) in [5, 5.41) is 3.71. The van der Waals surface area contributed by atoms with Crippen molar-refractivity contribution < 1.29 is 14.3 Å². The molecule has 0 saturated carbocycles. The fourth-order valence-corrected chi connectivity index (χ4v) is 5.23. The van der Waals surface area contributed by atoms with Gasteiger partial charge in [-0.3, -0.25) is 14.5 Å². The topological polar surface area (TPSA) is 61.9 Å². The largest absolute Gasteiger partial charge is 0.373 e. The van der Waals surface area contributed by atoms with E-state index >= 15 is 0 Å². The first-order valence-corrected chi connectivity index (χ1v) is 11.5.